The lowest BCUT2D eigenvalue weighted by Gasteiger charge is -2.31. The maximum absolute atomic E-state index is 14.6. The van der Waals surface area contributed by atoms with E-state index in [-0.39, 0.29) is 68.2 Å². The summed E-state index contributed by atoms with van der Waals surface area (Å²) in [6.45, 7) is 4.92. The number of primary amides is 1. The second-order valence-corrected chi connectivity index (χ2v) is 22.7. The number of ether oxygens (including phenoxy) is 4. The fourth-order valence-corrected chi connectivity index (χ4v) is 12.6. The van der Waals surface area contributed by atoms with Crippen molar-refractivity contribution in [2.24, 2.45) is 12.8 Å². The highest BCUT2D eigenvalue weighted by Gasteiger charge is 2.45. The van der Waals surface area contributed by atoms with Gasteiger partial charge in [-0.2, -0.15) is 0 Å². The number of aryl methyl sites for hydroxylation is 4. The van der Waals surface area contributed by atoms with Crippen LogP contribution in [0.25, 0.3) is 22.2 Å². The molecule has 3 aliphatic heterocycles. The van der Waals surface area contributed by atoms with Crippen molar-refractivity contribution in [3.8, 4) is 11.1 Å². The highest BCUT2D eigenvalue weighted by Crippen LogP contribution is 2.45. The van der Waals surface area contributed by atoms with Crippen LogP contribution >= 0.6 is 0 Å². The summed E-state index contributed by atoms with van der Waals surface area (Å²) >= 11 is 0. The Morgan fingerprint density at radius 1 is 0.726 bits per heavy atom. The molecule has 18 heteroatoms. The highest BCUT2D eigenvalue weighted by molar-refractivity contribution is 6.07. The van der Waals surface area contributed by atoms with Gasteiger partial charge in [-0.15, -0.1) is 0 Å². The summed E-state index contributed by atoms with van der Waals surface area (Å²) in [5.74, 6) is -2.16. The normalized spacial score (nSPS) is 18.0. The van der Waals surface area contributed by atoms with Crippen molar-refractivity contribution >= 4 is 52.3 Å². The van der Waals surface area contributed by atoms with E-state index in [9.17, 15) is 33.6 Å². The molecule has 0 spiro atoms. The number of hydrogen-bond acceptors (Lipinski definition) is 11. The Balaban J connectivity index is 0.617. The number of imide groups is 1. The number of para-hydroxylation sites is 2. The molecule has 1 fully saturated rings. The number of imidazole rings is 1. The van der Waals surface area contributed by atoms with Crippen LogP contribution in [0.4, 0.5) is 10.5 Å². The Morgan fingerprint density at radius 2 is 1.38 bits per heavy atom. The number of benzene rings is 5. The molecule has 4 heterocycles. The number of hydrogen-bond donors (Lipinski definition) is 4. The number of alkyl carbamates (subject to hydrolysis) is 1. The number of anilines is 1. The average molecular weight is 1140 g/mol. The van der Waals surface area contributed by atoms with Crippen LogP contribution in [0, 0.1) is 0 Å². The van der Waals surface area contributed by atoms with Gasteiger partial charge < -0.3 is 35.3 Å². The zero-order valence-corrected chi connectivity index (χ0v) is 48.1. The van der Waals surface area contributed by atoms with E-state index in [2.05, 4.69) is 52.3 Å². The SMILES string of the molecule is C[C@@H](OCc1ccc(CCCOCCCCCCOCCCc2cccc3c2n(C)c(=O)n3C2CCC(=O)NC2=O)cc1)[C@H](CCC(N)=O)NC(=O)[C@@H]1Cc2cccc3c2N1C(=O)[C@@H](NC(=O)OCC1c2ccccc2-c2ccccc21)CC3. The third-order valence-electron chi connectivity index (χ3n) is 17.0. The molecule has 6 amide bonds. The highest BCUT2D eigenvalue weighted by atomic mass is 16.5. The monoisotopic (exact) mass is 1140 g/mol. The minimum absolute atomic E-state index is 0.0284. The van der Waals surface area contributed by atoms with Gasteiger partial charge in [-0.3, -0.25) is 43.3 Å². The zero-order valence-electron chi connectivity index (χ0n) is 48.1. The van der Waals surface area contributed by atoms with Crippen molar-refractivity contribution in [1.29, 1.82) is 0 Å². The van der Waals surface area contributed by atoms with E-state index in [0.29, 0.717) is 56.9 Å². The standard InChI is InChI=1S/C66H77N7O11/c1-42(83-40-44-27-25-43(26-28-44)15-13-37-81-35-9-3-4-10-36-82-38-14-19-45-17-12-24-55-61(45)71(2)66(80)72(55)56-32-34-59(75)70-62(56)76)53(31-33-58(67)74)68-63(77)57-39-47-18-11-16-46-29-30-54(64(78)73(57)60(46)47)69-65(79)84-41-52-50-22-7-5-20-48(50)49-21-6-8-23-51(49)52/h5-8,11-12,16-18,20-28,42,52-54,56-57H,3-4,9-10,13-15,19,29-41H2,1-2H3,(H2,67,74)(H,68,77)(H,69,79)(H,70,75,76)/t42-,53+,54+,56?,57+/m1/s1. The molecule has 10 rings (SSSR count). The van der Waals surface area contributed by atoms with E-state index >= 15 is 0 Å². The molecule has 1 aliphatic carbocycles. The van der Waals surface area contributed by atoms with Crippen molar-refractivity contribution in [2.75, 3.05) is 37.9 Å². The first kappa shape index (κ1) is 59.2. The molecule has 84 heavy (non-hydrogen) atoms. The fourth-order valence-electron chi connectivity index (χ4n) is 12.6. The molecule has 0 radical (unpaired) electrons. The van der Waals surface area contributed by atoms with E-state index in [1.54, 1.807) is 16.5 Å². The molecule has 1 unspecified atom stereocenters. The Hall–Kier alpha value is -7.93. The molecule has 1 aromatic heterocycles. The van der Waals surface area contributed by atoms with Crippen LogP contribution in [-0.4, -0.2) is 102 Å². The molecule has 0 bridgehead atoms. The van der Waals surface area contributed by atoms with E-state index in [4.69, 9.17) is 24.7 Å². The predicted octanol–water partition coefficient (Wildman–Crippen LogP) is 7.94. The van der Waals surface area contributed by atoms with Crippen LogP contribution in [0.15, 0.2) is 114 Å². The second-order valence-electron chi connectivity index (χ2n) is 22.7. The maximum Gasteiger partial charge on any atom is 0.407 e. The number of unbranched alkanes of at least 4 members (excludes halogenated alkanes) is 3. The summed E-state index contributed by atoms with van der Waals surface area (Å²) in [5, 5.41) is 8.35. The summed E-state index contributed by atoms with van der Waals surface area (Å²) in [6.07, 6.45) is 8.09. The largest absolute Gasteiger partial charge is 0.449 e. The molecule has 442 valence electrons. The van der Waals surface area contributed by atoms with Gasteiger partial charge in [0.05, 0.1) is 35.5 Å². The first-order valence-corrected chi connectivity index (χ1v) is 29.9. The number of nitrogens with zero attached hydrogens (tertiary/aromatic N) is 3. The van der Waals surface area contributed by atoms with Gasteiger partial charge in [0, 0.05) is 58.7 Å². The number of aromatic nitrogens is 2. The van der Waals surface area contributed by atoms with Crippen LogP contribution in [0.3, 0.4) is 0 Å². The van der Waals surface area contributed by atoms with Crippen LogP contribution in [-0.2, 0) is 82.3 Å². The van der Waals surface area contributed by atoms with Crippen LogP contribution < -0.4 is 32.3 Å². The number of piperidine rings is 1. The fraction of sp³-hybridized carbons (Fsp3) is 0.439. The predicted molar refractivity (Wildman–Crippen MR) is 318 cm³/mol. The number of fused-ring (bicyclic) bond motifs is 4. The summed E-state index contributed by atoms with van der Waals surface area (Å²) in [4.78, 5) is 93.7. The smallest absolute Gasteiger partial charge is 0.407 e. The van der Waals surface area contributed by atoms with Crippen molar-refractivity contribution in [3.05, 3.63) is 159 Å². The third-order valence-corrected chi connectivity index (χ3v) is 17.0. The summed E-state index contributed by atoms with van der Waals surface area (Å²) in [5.41, 5.74) is 16.9. The van der Waals surface area contributed by atoms with Crippen molar-refractivity contribution in [2.45, 2.75) is 146 Å². The summed E-state index contributed by atoms with van der Waals surface area (Å²) < 4.78 is 27.2. The van der Waals surface area contributed by atoms with Gasteiger partial charge in [0.1, 0.15) is 24.7 Å². The van der Waals surface area contributed by atoms with Gasteiger partial charge in [-0.1, -0.05) is 116 Å². The van der Waals surface area contributed by atoms with Crippen molar-refractivity contribution < 1.29 is 47.7 Å². The van der Waals surface area contributed by atoms with E-state index < -0.39 is 48.2 Å². The molecule has 6 aromatic rings. The Kier molecular flexibility index (Phi) is 19.5. The number of nitrogens with one attached hydrogen (secondary N) is 3. The molecular weight excluding hydrogens is 1070 g/mol. The van der Waals surface area contributed by atoms with Gasteiger partial charge in [-0.05, 0) is 127 Å². The van der Waals surface area contributed by atoms with Gasteiger partial charge in [0.2, 0.25) is 29.5 Å². The van der Waals surface area contributed by atoms with Gasteiger partial charge in [-0.25, -0.2) is 9.59 Å². The Morgan fingerprint density at radius 3 is 2.08 bits per heavy atom. The van der Waals surface area contributed by atoms with Gasteiger partial charge >= 0.3 is 11.8 Å². The van der Waals surface area contributed by atoms with Crippen LogP contribution in [0.1, 0.15) is 128 Å². The molecular formula is C66H77N7O11. The minimum Gasteiger partial charge on any atom is -0.449 e. The Labute approximate surface area is 489 Å². The number of nitrogens with two attached hydrogens (primary N) is 1. The van der Waals surface area contributed by atoms with Crippen LogP contribution in [0.2, 0.25) is 0 Å². The van der Waals surface area contributed by atoms with E-state index in [1.807, 2.05) is 79.7 Å². The molecule has 5 aromatic carbocycles. The van der Waals surface area contributed by atoms with E-state index in [0.717, 1.165) is 101 Å². The maximum atomic E-state index is 14.6. The average Bonchev–Trinajstić information content (AvgIpc) is 2.96. The molecule has 0 saturated carbocycles. The molecule has 5 N–H and O–H groups in total. The minimum atomic E-state index is -0.930. The van der Waals surface area contributed by atoms with Gasteiger partial charge in [0.25, 0.3) is 0 Å². The molecule has 4 aliphatic rings. The lowest BCUT2D eigenvalue weighted by atomic mass is 9.98. The lowest BCUT2D eigenvalue weighted by Crippen LogP contribution is -2.56. The number of amides is 6. The van der Waals surface area contributed by atoms with Crippen LogP contribution in [0.5, 0.6) is 0 Å². The number of carbonyl (C=O) groups excluding carboxylic acids is 6. The Bertz CT molecular complexity index is 3380. The summed E-state index contributed by atoms with van der Waals surface area (Å²) in [7, 11) is 1.72. The number of rotatable bonds is 28. The quantitative estimate of drug-likeness (QED) is 0.0272. The lowest BCUT2D eigenvalue weighted by molar-refractivity contribution is -0.135. The zero-order chi connectivity index (χ0) is 58.7. The topological polar surface area (TPSA) is 232 Å². The third kappa shape index (κ3) is 13.7. The number of carbonyl (C=O) groups is 6. The summed E-state index contributed by atoms with van der Waals surface area (Å²) in [6, 6.07) is 32.9. The molecule has 18 nitrogen and oxygen atoms in total. The first-order valence-electron chi connectivity index (χ1n) is 29.9. The van der Waals surface area contributed by atoms with Crippen molar-refractivity contribution in [3.63, 3.8) is 0 Å². The second kappa shape index (κ2) is 27.6. The molecule has 5 atom stereocenters. The first-order chi connectivity index (χ1) is 40.8. The van der Waals surface area contributed by atoms with E-state index in [1.165, 1.54) is 10.1 Å². The van der Waals surface area contributed by atoms with Crippen molar-refractivity contribution in [1.82, 2.24) is 25.1 Å². The molecule has 1 saturated heterocycles. The van der Waals surface area contributed by atoms with Gasteiger partial charge in [0.15, 0.2) is 0 Å².